The third kappa shape index (κ3) is 6.53. The van der Waals surface area contributed by atoms with E-state index in [-0.39, 0.29) is 35.9 Å². The summed E-state index contributed by atoms with van der Waals surface area (Å²) < 4.78 is 10.7. The molecule has 228 valence electrons. The van der Waals surface area contributed by atoms with Crippen LogP contribution >= 0.6 is 0 Å². The molecule has 2 aliphatic rings. The van der Waals surface area contributed by atoms with Crippen LogP contribution in [-0.2, 0) is 22.6 Å². The summed E-state index contributed by atoms with van der Waals surface area (Å²) in [6.45, 7) is 3.98. The second-order valence-electron chi connectivity index (χ2n) is 11.7. The number of ether oxygens (including phenoxy) is 2. The monoisotopic (exact) mass is 587 g/mol. The molecular weight excluding hydrogens is 546 g/mol. The summed E-state index contributed by atoms with van der Waals surface area (Å²) in [5, 5.41) is 18.6. The molecule has 1 aromatic heterocycles. The van der Waals surface area contributed by atoms with E-state index in [1.807, 2.05) is 63.2 Å². The minimum atomic E-state index is -0.512. The van der Waals surface area contributed by atoms with E-state index in [1.165, 1.54) is 0 Å². The molecule has 0 radical (unpaired) electrons. The molecule has 0 saturated heterocycles. The number of aromatic nitrogens is 2. The number of nitrogens with one attached hydrogen (secondary N) is 2. The van der Waals surface area contributed by atoms with Crippen LogP contribution in [0.1, 0.15) is 72.5 Å². The van der Waals surface area contributed by atoms with Crippen molar-refractivity contribution in [1.29, 1.82) is 0 Å². The van der Waals surface area contributed by atoms with Gasteiger partial charge in [0.15, 0.2) is 0 Å². The molecule has 0 spiro atoms. The molecule has 3 aromatic rings. The maximum Gasteiger partial charge on any atom is 0.342 e. The zero-order valence-electron chi connectivity index (χ0n) is 25.6. The van der Waals surface area contributed by atoms with Crippen molar-refractivity contribution < 1.29 is 24.2 Å². The quantitative estimate of drug-likeness (QED) is 0.217. The van der Waals surface area contributed by atoms with Crippen LogP contribution in [0.2, 0.25) is 0 Å². The Hall–Kier alpha value is -4.34. The van der Waals surface area contributed by atoms with E-state index in [1.54, 1.807) is 7.11 Å². The zero-order valence-corrected chi connectivity index (χ0v) is 25.6. The second-order valence-corrected chi connectivity index (χ2v) is 11.7. The molecule has 5 rings (SSSR count). The van der Waals surface area contributed by atoms with Gasteiger partial charge in [-0.25, -0.2) is 9.78 Å². The van der Waals surface area contributed by atoms with Gasteiger partial charge in [-0.15, -0.1) is 0 Å². The number of carbonyl (C=O) groups is 2. The number of cyclic esters (lactones) is 1. The summed E-state index contributed by atoms with van der Waals surface area (Å²) in [6.07, 6.45) is 6.99. The normalized spacial score (nSPS) is 18.3. The Bertz CT molecular complexity index is 1560. The van der Waals surface area contributed by atoms with Gasteiger partial charge in [0.05, 0.1) is 12.6 Å². The number of hydrogen-bond acceptors (Lipinski definition) is 9. The van der Waals surface area contributed by atoms with Crippen molar-refractivity contribution in [1.82, 2.24) is 15.3 Å². The lowest BCUT2D eigenvalue weighted by Gasteiger charge is -2.30. The number of hydrogen-bond donors (Lipinski definition) is 3. The SMILES string of the molecule is COc1c(C)c2c(c(O)c1C/C=C(\C)CCC(=O)NC1CCC(Nc3nc(N(C)C)c4ccccc4n3)CC1)C(=O)OC2. The molecule has 1 aliphatic carbocycles. The average molecular weight is 588 g/mol. The maximum atomic E-state index is 12.8. The first-order chi connectivity index (χ1) is 20.7. The molecule has 3 N–H and O–H groups in total. The van der Waals surface area contributed by atoms with Crippen LogP contribution in [0, 0.1) is 6.92 Å². The number of benzene rings is 2. The van der Waals surface area contributed by atoms with Crippen LogP contribution in [0.15, 0.2) is 35.9 Å². The molecule has 1 amide bonds. The number of phenols is 1. The molecule has 0 bridgehead atoms. The Morgan fingerprint density at radius 2 is 1.86 bits per heavy atom. The lowest BCUT2D eigenvalue weighted by Crippen LogP contribution is -2.40. The molecule has 2 aromatic carbocycles. The van der Waals surface area contributed by atoms with Crippen LogP contribution in [0.25, 0.3) is 10.9 Å². The highest BCUT2D eigenvalue weighted by Gasteiger charge is 2.32. The van der Waals surface area contributed by atoms with Gasteiger partial charge in [0.2, 0.25) is 11.9 Å². The van der Waals surface area contributed by atoms with Gasteiger partial charge in [-0.05, 0) is 70.1 Å². The molecular formula is C33H41N5O5. The topological polar surface area (TPSA) is 126 Å². The van der Waals surface area contributed by atoms with Gasteiger partial charge < -0.3 is 30.1 Å². The number of anilines is 2. The number of allylic oxidation sites excluding steroid dienone is 2. The summed E-state index contributed by atoms with van der Waals surface area (Å²) in [6, 6.07) is 8.44. The Kier molecular flexibility index (Phi) is 9.03. The lowest BCUT2D eigenvalue weighted by molar-refractivity contribution is -0.122. The van der Waals surface area contributed by atoms with E-state index in [0.717, 1.165) is 53.5 Å². The molecule has 1 fully saturated rings. The van der Waals surface area contributed by atoms with Crippen molar-refractivity contribution >= 4 is 34.5 Å². The number of carbonyl (C=O) groups excluding carboxylic acids is 2. The lowest BCUT2D eigenvalue weighted by atomic mass is 9.91. The van der Waals surface area contributed by atoms with Crippen molar-refractivity contribution in [2.24, 2.45) is 0 Å². The third-order valence-corrected chi connectivity index (χ3v) is 8.48. The molecule has 10 nitrogen and oxygen atoms in total. The number of esters is 1. The zero-order chi connectivity index (χ0) is 30.7. The van der Waals surface area contributed by atoms with E-state index in [9.17, 15) is 14.7 Å². The Morgan fingerprint density at radius 3 is 2.58 bits per heavy atom. The number of methoxy groups -OCH3 is 1. The summed E-state index contributed by atoms with van der Waals surface area (Å²) >= 11 is 0. The van der Waals surface area contributed by atoms with Gasteiger partial charge in [0.25, 0.3) is 0 Å². The largest absolute Gasteiger partial charge is 0.507 e. The number of phenolic OH excluding ortho intramolecular Hbond substituents is 1. The van der Waals surface area contributed by atoms with Crippen molar-refractivity contribution in [2.45, 2.75) is 77.5 Å². The van der Waals surface area contributed by atoms with E-state index in [4.69, 9.17) is 19.4 Å². The van der Waals surface area contributed by atoms with Gasteiger partial charge in [-0.3, -0.25) is 4.79 Å². The van der Waals surface area contributed by atoms with Crippen LogP contribution < -0.4 is 20.3 Å². The first kappa shape index (κ1) is 30.1. The molecule has 0 atom stereocenters. The van der Waals surface area contributed by atoms with Gasteiger partial charge in [-0.2, -0.15) is 4.98 Å². The highest BCUT2D eigenvalue weighted by molar-refractivity contribution is 5.98. The minimum Gasteiger partial charge on any atom is -0.507 e. The summed E-state index contributed by atoms with van der Waals surface area (Å²) in [4.78, 5) is 36.4. The fourth-order valence-electron chi connectivity index (χ4n) is 6.05. The van der Waals surface area contributed by atoms with Crippen molar-refractivity contribution in [3.63, 3.8) is 0 Å². The van der Waals surface area contributed by atoms with Crippen molar-refractivity contribution in [3.05, 3.63) is 58.2 Å². The van der Waals surface area contributed by atoms with E-state index >= 15 is 0 Å². The number of rotatable bonds is 10. The van der Waals surface area contributed by atoms with Crippen LogP contribution in [0.4, 0.5) is 11.8 Å². The van der Waals surface area contributed by atoms with Crippen LogP contribution in [0.5, 0.6) is 11.5 Å². The Balaban J connectivity index is 1.11. The molecule has 1 aliphatic heterocycles. The van der Waals surface area contributed by atoms with Gasteiger partial charge in [-0.1, -0.05) is 23.8 Å². The Labute approximate surface area is 252 Å². The standard InChI is InChI=1S/C33H41N5O5/c1-19(10-16-24-29(40)28-25(18-43-32(28)41)20(2)30(24)42-5)11-17-27(39)34-21-12-14-22(15-13-21)35-33-36-26-9-7-6-8-23(26)31(37-33)38(3)4/h6-10,21-22,40H,11-18H2,1-5H3,(H,34,39)(H,35,36,37)/b19-10+. The first-order valence-electron chi connectivity index (χ1n) is 14.9. The minimum absolute atomic E-state index is 0.0363. The summed E-state index contributed by atoms with van der Waals surface area (Å²) in [7, 11) is 5.53. The maximum absolute atomic E-state index is 12.8. The van der Waals surface area contributed by atoms with Gasteiger partial charge in [0, 0.05) is 49.1 Å². The van der Waals surface area contributed by atoms with E-state index < -0.39 is 5.97 Å². The highest BCUT2D eigenvalue weighted by atomic mass is 16.5. The Morgan fingerprint density at radius 1 is 1.14 bits per heavy atom. The van der Waals surface area contributed by atoms with E-state index in [0.29, 0.717) is 42.1 Å². The van der Waals surface area contributed by atoms with Crippen LogP contribution in [0.3, 0.4) is 0 Å². The number of amides is 1. The number of aromatic hydroxyl groups is 1. The van der Waals surface area contributed by atoms with Crippen molar-refractivity contribution in [2.75, 3.05) is 31.4 Å². The molecule has 43 heavy (non-hydrogen) atoms. The predicted molar refractivity (Wildman–Crippen MR) is 167 cm³/mol. The first-order valence-corrected chi connectivity index (χ1v) is 14.9. The third-order valence-electron chi connectivity index (χ3n) is 8.48. The molecule has 1 saturated carbocycles. The number of nitrogens with zero attached hydrogens (tertiary/aromatic N) is 3. The smallest absolute Gasteiger partial charge is 0.342 e. The fraction of sp³-hybridized carbons (Fsp3) is 0.455. The van der Waals surface area contributed by atoms with Crippen molar-refractivity contribution in [3.8, 4) is 11.5 Å². The van der Waals surface area contributed by atoms with Gasteiger partial charge in [0.1, 0.15) is 29.5 Å². The fourth-order valence-corrected chi connectivity index (χ4v) is 6.05. The summed E-state index contributed by atoms with van der Waals surface area (Å²) in [5.74, 6) is 1.53. The summed E-state index contributed by atoms with van der Waals surface area (Å²) in [5.41, 5.74) is 4.20. The predicted octanol–water partition coefficient (Wildman–Crippen LogP) is 5.20. The van der Waals surface area contributed by atoms with E-state index in [2.05, 4.69) is 10.6 Å². The number of fused-ring (bicyclic) bond motifs is 2. The average Bonchev–Trinajstić information content (AvgIpc) is 3.39. The highest BCUT2D eigenvalue weighted by Crippen LogP contribution is 2.42. The second kappa shape index (κ2) is 12.9. The molecule has 2 heterocycles. The molecule has 0 unspecified atom stereocenters. The van der Waals surface area contributed by atoms with Gasteiger partial charge >= 0.3 is 5.97 Å². The molecule has 10 heteroatoms. The van der Waals surface area contributed by atoms with Crippen LogP contribution in [-0.4, -0.2) is 60.2 Å². The number of para-hydroxylation sites is 1.